The molecule has 1 heterocycles. The van der Waals surface area contributed by atoms with Crippen molar-refractivity contribution in [2.24, 2.45) is 0 Å². The third kappa shape index (κ3) is 3.19. The van der Waals surface area contributed by atoms with Crippen molar-refractivity contribution < 1.29 is 14.0 Å². The molecule has 0 aliphatic heterocycles. The van der Waals surface area contributed by atoms with Crippen molar-refractivity contribution in [1.82, 2.24) is 4.98 Å². The average molecular weight is 261 g/mol. The van der Waals surface area contributed by atoms with E-state index in [4.69, 9.17) is 0 Å². The van der Waals surface area contributed by atoms with Gasteiger partial charge in [-0.05, 0) is 30.3 Å². The molecule has 0 spiro atoms. The van der Waals surface area contributed by atoms with Crippen LogP contribution in [0.15, 0.2) is 36.5 Å². The largest absolute Gasteiger partial charge is 0.357 e. The standard InChI is InChI=1S/C13H12FN3O2/c1-8(18)16-9-4-5-10(14)12(7-9)17-13(19)11-3-2-6-15-11/h2-7,15H,1H3,(H,16,18)(H,17,19). The van der Waals surface area contributed by atoms with Gasteiger partial charge < -0.3 is 15.6 Å². The Morgan fingerprint density at radius 3 is 2.63 bits per heavy atom. The summed E-state index contributed by atoms with van der Waals surface area (Å²) in [6.45, 7) is 1.35. The molecular weight excluding hydrogens is 249 g/mol. The molecule has 0 radical (unpaired) electrons. The van der Waals surface area contributed by atoms with E-state index in [-0.39, 0.29) is 11.6 Å². The fraction of sp³-hybridized carbons (Fsp3) is 0.0769. The van der Waals surface area contributed by atoms with Gasteiger partial charge in [-0.1, -0.05) is 0 Å². The van der Waals surface area contributed by atoms with Gasteiger partial charge in [0.2, 0.25) is 5.91 Å². The zero-order chi connectivity index (χ0) is 13.8. The lowest BCUT2D eigenvalue weighted by atomic mass is 10.2. The number of halogens is 1. The van der Waals surface area contributed by atoms with Gasteiger partial charge in [0.05, 0.1) is 5.69 Å². The molecule has 0 saturated heterocycles. The van der Waals surface area contributed by atoms with Gasteiger partial charge >= 0.3 is 0 Å². The second-order valence-electron chi connectivity index (χ2n) is 3.91. The SMILES string of the molecule is CC(=O)Nc1ccc(F)c(NC(=O)c2ccc[nH]2)c1. The second-order valence-corrected chi connectivity index (χ2v) is 3.91. The van der Waals surface area contributed by atoms with Crippen LogP contribution in [-0.4, -0.2) is 16.8 Å². The Morgan fingerprint density at radius 2 is 2.00 bits per heavy atom. The van der Waals surface area contributed by atoms with E-state index >= 15 is 0 Å². The molecule has 0 aliphatic carbocycles. The first-order chi connectivity index (χ1) is 9.06. The normalized spacial score (nSPS) is 10.0. The summed E-state index contributed by atoms with van der Waals surface area (Å²) in [4.78, 5) is 25.4. The topological polar surface area (TPSA) is 74.0 Å². The molecule has 6 heteroatoms. The molecule has 0 bridgehead atoms. The molecule has 1 aromatic carbocycles. The molecule has 1 aromatic heterocycles. The van der Waals surface area contributed by atoms with E-state index < -0.39 is 11.7 Å². The van der Waals surface area contributed by atoms with E-state index in [9.17, 15) is 14.0 Å². The number of benzene rings is 1. The predicted molar refractivity (Wildman–Crippen MR) is 69.4 cm³/mol. The molecule has 19 heavy (non-hydrogen) atoms. The molecule has 2 rings (SSSR count). The molecule has 0 unspecified atom stereocenters. The third-order valence-corrected chi connectivity index (χ3v) is 2.38. The Labute approximate surface area is 108 Å². The molecule has 0 aliphatic rings. The number of aromatic amines is 1. The molecular formula is C13H12FN3O2. The van der Waals surface area contributed by atoms with E-state index in [0.29, 0.717) is 11.4 Å². The Kier molecular flexibility index (Phi) is 3.61. The highest BCUT2D eigenvalue weighted by molar-refractivity contribution is 6.03. The van der Waals surface area contributed by atoms with Crippen LogP contribution < -0.4 is 10.6 Å². The summed E-state index contributed by atoms with van der Waals surface area (Å²) in [5.41, 5.74) is 0.742. The zero-order valence-corrected chi connectivity index (χ0v) is 10.2. The molecule has 0 saturated carbocycles. The number of nitrogens with one attached hydrogen (secondary N) is 3. The number of carbonyl (C=O) groups is 2. The summed E-state index contributed by atoms with van der Waals surface area (Å²) in [6.07, 6.45) is 1.60. The molecule has 0 fully saturated rings. The summed E-state index contributed by atoms with van der Waals surface area (Å²) in [6, 6.07) is 7.19. The van der Waals surface area contributed by atoms with Gasteiger partial charge in [-0.15, -0.1) is 0 Å². The minimum absolute atomic E-state index is 0.00542. The smallest absolute Gasteiger partial charge is 0.272 e. The lowest BCUT2D eigenvalue weighted by Crippen LogP contribution is -2.14. The van der Waals surface area contributed by atoms with Crippen molar-refractivity contribution in [2.75, 3.05) is 10.6 Å². The van der Waals surface area contributed by atoms with Crippen molar-refractivity contribution in [3.05, 3.63) is 48.0 Å². The fourth-order valence-corrected chi connectivity index (χ4v) is 1.56. The Balaban J connectivity index is 2.19. The first kappa shape index (κ1) is 12.8. The maximum Gasteiger partial charge on any atom is 0.272 e. The van der Waals surface area contributed by atoms with Crippen LogP contribution >= 0.6 is 0 Å². The molecule has 98 valence electrons. The van der Waals surface area contributed by atoms with Crippen LogP contribution in [-0.2, 0) is 4.79 Å². The number of hydrogen-bond acceptors (Lipinski definition) is 2. The summed E-state index contributed by atoms with van der Waals surface area (Å²) >= 11 is 0. The Bertz CT molecular complexity index is 608. The van der Waals surface area contributed by atoms with E-state index in [1.54, 1.807) is 18.3 Å². The van der Waals surface area contributed by atoms with Gasteiger partial charge in [0.25, 0.3) is 5.91 Å². The monoisotopic (exact) mass is 261 g/mol. The Hall–Kier alpha value is -2.63. The highest BCUT2D eigenvalue weighted by Gasteiger charge is 2.10. The molecule has 0 atom stereocenters. The van der Waals surface area contributed by atoms with Gasteiger partial charge in [-0.25, -0.2) is 4.39 Å². The van der Waals surface area contributed by atoms with Crippen molar-refractivity contribution in [3.63, 3.8) is 0 Å². The van der Waals surface area contributed by atoms with Gasteiger partial charge in [0, 0.05) is 18.8 Å². The number of H-pyrrole nitrogens is 1. The molecule has 2 aromatic rings. The van der Waals surface area contributed by atoms with Crippen molar-refractivity contribution in [1.29, 1.82) is 0 Å². The van der Waals surface area contributed by atoms with Crippen LogP contribution in [0.4, 0.5) is 15.8 Å². The van der Waals surface area contributed by atoms with Crippen molar-refractivity contribution in [3.8, 4) is 0 Å². The van der Waals surface area contributed by atoms with E-state index in [1.165, 1.54) is 25.1 Å². The quantitative estimate of drug-likeness (QED) is 0.793. The van der Waals surface area contributed by atoms with Crippen LogP contribution in [0, 0.1) is 5.82 Å². The van der Waals surface area contributed by atoms with Gasteiger partial charge in [-0.2, -0.15) is 0 Å². The zero-order valence-electron chi connectivity index (χ0n) is 10.2. The highest BCUT2D eigenvalue weighted by atomic mass is 19.1. The van der Waals surface area contributed by atoms with Crippen LogP contribution in [0.1, 0.15) is 17.4 Å². The third-order valence-electron chi connectivity index (χ3n) is 2.38. The second kappa shape index (κ2) is 5.34. The van der Waals surface area contributed by atoms with E-state index in [0.717, 1.165) is 0 Å². The molecule has 5 nitrogen and oxygen atoms in total. The summed E-state index contributed by atoms with van der Waals surface area (Å²) < 4.78 is 13.6. The number of hydrogen-bond donors (Lipinski definition) is 3. The predicted octanol–water partition coefficient (Wildman–Crippen LogP) is 2.36. The van der Waals surface area contributed by atoms with Gasteiger partial charge in [0.1, 0.15) is 11.5 Å². The maximum atomic E-state index is 13.6. The summed E-state index contributed by atoms with van der Waals surface area (Å²) in [7, 11) is 0. The first-order valence-electron chi connectivity index (χ1n) is 5.58. The number of amides is 2. The highest BCUT2D eigenvalue weighted by Crippen LogP contribution is 2.20. The lowest BCUT2D eigenvalue weighted by Gasteiger charge is -2.08. The fourth-order valence-electron chi connectivity index (χ4n) is 1.56. The maximum absolute atomic E-state index is 13.6. The number of aromatic nitrogens is 1. The van der Waals surface area contributed by atoms with Crippen LogP contribution in [0.5, 0.6) is 0 Å². The van der Waals surface area contributed by atoms with Crippen molar-refractivity contribution in [2.45, 2.75) is 6.92 Å². The number of rotatable bonds is 3. The van der Waals surface area contributed by atoms with Crippen molar-refractivity contribution >= 4 is 23.2 Å². The number of carbonyl (C=O) groups excluding carboxylic acids is 2. The lowest BCUT2D eigenvalue weighted by molar-refractivity contribution is -0.114. The minimum Gasteiger partial charge on any atom is -0.357 e. The summed E-state index contributed by atoms with van der Waals surface area (Å²) in [5, 5.41) is 4.95. The van der Waals surface area contributed by atoms with Crippen LogP contribution in [0.2, 0.25) is 0 Å². The number of anilines is 2. The van der Waals surface area contributed by atoms with Gasteiger partial charge in [0.15, 0.2) is 0 Å². The molecule has 2 amide bonds. The molecule has 3 N–H and O–H groups in total. The first-order valence-corrected chi connectivity index (χ1v) is 5.58. The van der Waals surface area contributed by atoms with Gasteiger partial charge in [-0.3, -0.25) is 9.59 Å². The van der Waals surface area contributed by atoms with E-state index in [2.05, 4.69) is 15.6 Å². The van der Waals surface area contributed by atoms with Crippen LogP contribution in [0.3, 0.4) is 0 Å². The minimum atomic E-state index is -0.575. The Morgan fingerprint density at radius 1 is 1.21 bits per heavy atom. The summed E-state index contributed by atoms with van der Waals surface area (Å²) in [5.74, 6) is -1.30. The van der Waals surface area contributed by atoms with Crippen LogP contribution in [0.25, 0.3) is 0 Å². The van der Waals surface area contributed by atoms with E-state index in [1.807, 2.05) is 0 Å². The average Bonchev–Trinajstić information content (AvgIpc) is 2.86.